The fourth-order valence-corrected chi connectivity index (χ4v) is 4.33. The average Bonchev–Trinajstić information content (AvgIpc) is 2.75. The number of aliphatic hydroxyl groups excluding tert-OH is 1. The molecule has 2 N–H and O–H groups in total. The van der Waals surface area contributed by atoms with E-state index in [1.807, 2.05) is 32.0 Å². The maximum atomic E-state index is 12.9. The molecule has 6 nitrogen and oxygen atoms in total. The Morgan fingerprint density at radius 3 is 2.53 bits per heavy atom. The average molecular weight is 439 g/mol. The minimum Gasteiger partial charge on any atom is -0.491 e. The normalized spacial score (nSPS) is 19.6. The van der Waals surface area contributed by atoms with E-state index in [1.54, 1.807) is 18.2 Å². The SMILES string of the molecule is Cc1cc(C)cc(Oc2coc3cc(OCC(O)C[NH+]4CCC(C)CC4)ccc3c2=O)c1. The van der Waals surface area contributed by atoms with Crippen molar-refractivity contribution in [2.24, 2.45) is 5.92 Å². The third-order valence-corrected chi connectivity index (χ3v) is 6.09. The molecule has 1 unspecified atom stereocenters. The number of piperidine rings is 1. The number of hydrogen-bond donors (Lipinski definition) is 2. The zero-order chi connectivity index (χ0) is 22.7. The topological polar surface area (TPSA) is 73.3 Å². The summed E-state index contributed by atoms with van der Waals surface area (Å²) in [6.07, 6.45) is 3.22. The van der Waals surface area contributed by atoms with Crippen LogP contribution < -0.4 is 19.8 Å². The van der Waals surface area contributed by atoms with Crippen LogP contribution in [-0.4, -0.2) is 37.5 Å². The van der Waals surface area contributed by atoms with Crippen LogP contribution in [0.5, 0.6) is 17.2 Å². The molecule has 0 amide bonds. The molecule has 1 atom stereocenters. The number of aryl methyl sites for hydroxylation is 2. The van der Waals surface area contributed by atoms with Gasteiger partial charge in [0.1, 0.15) is 42.6 Å². The van der Waals surface area contributed by atoms with E-state index >= 15 is 0 Å². The van der Waals surface area contributed by atoms with Crippen LogP contribution in [0.3, 0.4) is 0 Å². The lowest BCUT2D eigenvalue weighted by Crippen LogP contribution is -3.14. The Labute approximate surface area is 188 Å². The molecule has 4 rings (SSSR count). The summed E-state index contributed by atoms with van der Waals surface area (Å²) in [5, 5.41) is 10.8. The van der Waals surface area contributed by atoms with E-state index in [4.69, 9.17) is 13.9 Å². The number of nitrogens with one attached hydrogen (secondary N) is 1. The van der Waals surface area contributed by atoms with Crippen molar-refractivity contribution in [2.75, 3.05) is 26.2 Å². The maximum absolute atomic E-state index is 12.9. The summed E-state index contributed by atoms with van der Waals surface area (Å²) in [4.78, 5) is 14.3. The third-order valence-electron chi connectivity index (χ3n) is 6.09. The first-order chi connectivity index (χ1) is 15.4. The third kappa shape index (κ3) is 5.50. The first-order valence-electron chi connectivity index (χ1n) is 11.3. The van der Waals surface area contributed by atoms with Gasteiger partial charge in [-0.1, -0.05) is 13.0 Å². The van der Waals surface area contributed by atoms with Crippen LogP contribution in [0.1, 0.15) is 30.9 Å². The molecule has 1 fully saturated rings. The minimum absolute atomic E-state index is 0.144. The smallest absolute Gasteiger partial charge is 0.235 e. The van der Waals surface area contributed by atoms with E-state index < -0.39 is 6.10 Å². The van der Waals surface area contributed by atoms with Crippen LogP contribution in [0, 0.1) is 19.8 Å². The molecule has 0 bridgehead atoms. The molecule has 3 aromatic rings. The Morgan fingerprint density at radius 2 is 1.81 bits per heavy atom. The fourth-order valence-electron chi connectivity index (χ4n) is 4.33. The van der Waals surface area contributed by atoms with E-state index in [2.05, 4.69) is 6.92 Å². The van der Waals surface area contributed by atoms with Gasteiger partial charge in [-0.25, -0.2) is 0 Å². The highest BCUT2D eigenvalue weighted by atomic mass is 16.5. The highest BCUT2D eigenvalue weighted by molar-refractivity contribution is 5.79. The van der Waals surface area contributed by atoms with E-state index in [1.165, 1.54) is 24.0 Å². The number of aliphatic hydroxyl groups is 1. The lowest BCUT2D eigenvalue weighted by Gasteiger charge is -2.28. The number of fused-ring (bicyclic) bond motifs is 1. The number of benzene rings is 2. The Hall–Kier alpha value is -2.83. The molecule has 0 spiro atoms. The highest BCUT2D eigenvalue weighted by Gasteiger charge is 2.22. The molecular weight excluding hydrogens is 406 g/mol. The lowest BCUT2D eigenvalue weighted by atomic mass is 9.99. The van der Waals surface area contributed by atoms with Crippen LogP contribution in [-0.2, 0) is 0 Å². The maximum Gasteiger partial charge on any atom is 0.235 e. The largest absolute Gasteiger partial charge is 0.491 e. The molecule has 1 saturated heterocycles. The van der Waals surface area contributed by atoms with Crippen LogP contribution >= 0.6 is 0 Å². The first kappa shape index (κ1) is 22.4. The van der Waals surface area contributed by atoms with Gasteiger partial charge in [0.05, 0.1) is 18.5 Å². The summed E-state index contributed by atoms with van der Waals surface area (Å²) in [5.41, 5.74) is 2.31. The van der Waals surface area contributed by atoms with E-state index in [9.17, 15) is 9.90 Å². The standard InChI is InChI=1S/C26H31NO5/c1-17-6-8-27(9-7-17)14-20(28)15-30-21-4-5-23-24(13-21)31-16-25(26(23)29)32-22-11-18(2)10-19(3)12-22/h4-5,10-13,16-17,20,28H,6-9,14-15H2,1-3H3/p+1. The Bertz CT molecular complexity index is 1110. The second-order valence-corrected chi connectivity index (χ2v) is 9.11. The number of hydrogen-bond acceptors (Lipinski definition) is 5. The summed E-state index contributed by atoms with van der Waals surface area (Å²) in [5.74, 6) is 2.09. The van der Waals surface area contributed by atoms with Crippen LogP contribution in [0.15, 0.2) is 51.9 Å². The molecule has 6 heteroatoms. The van der Waals surface area contributed by atoms with Gasteiger partial charge >= 0.3 is 0 Å². The van der Waals surface area contributed by atoms with Crippen molar-refractivity contribution < 1.29 is 23.9 Å². The molecule has 1 aliphatic heterocycles. The van der Waals surface area contributed by atoms with E-state index in [0.717, 1.165) is 30.1 Å². The Morgan fingerprint density at radius 1 is 1.09 bits per heavy atom. The van der Waals surface area contributed by atoms with Gasteiger partial charge < -0.3 is 23.9 Å². The Balaban J connectivity index is 1.41. The fraction of sp³-hybridized carbons (Fsp3) is 0.423. The first-order valence-corrected chi connectivity index (χ1v) is 11.3. The van der Waals surface area contributed by atoms with Crippen LogP contribution in [0.25, 0.3) is 11.0 Å². The van der Waals surface area contributed by atoms with Gasteiger partial charge in [0.15, 0.2) is 0 Å². The zero-order valence-electron chi connectivity index (χ0n) is 19.0. The summed E-state index contributed by atoms with van der Waals surface area (Å²) in [7, 11) is 0. The van der Waals surface area contributed by atoms with Gasteiger partial charge in [-0.05, 0) is 68.0 Å². The van der Waals surface area contributed by atoms with Crippen LogP contribution in [0.2, 0.25) is 0 Å². The van der Waals surface area contributed by atoms with E-state index in [0.29, 0.717) is 29.0 Å². The minimum atomic E-state index is -0.533. The molecular formula is C26H32NO5+. The second-order valence-electron chi connectivity index (χ2n) is 9.11. The molecule has 1 aromatic heterocycles. The van der Waals surface area contributed by atoms with Crippen molar-refractivity contribution in [3.05, 3.63) is 64.0 Å². The predicted octanol–water partition coefficient (Wildman–Crippen LogP) is 3.26. The van der Waals surface area contributed by atoms with Gasteiger partial charge in [-0.2, -0.15) is 0 Å². The van der Waals surface area contributed by atoms with Gasteiger partial charge in [-0.3, -0.25) is 4.79 Å². The second kappa shape index (κ2) is 9.76. The lowest BCUT2D eigenvalue weighted by molar-refractivity contribution is -0.909. The molecule has 170 valence electrons. The molecule has 1 aliphatic rings. The van der Waals surface area contributed by atoms with Gasteiger partial charge in [-0.15, -0.1) is 0 Å². The summed E-state index contributed by atoms with van der Waals surface area (Å²) in [6.45, 7) is 9.35. The number of quaternary nitrogens is 1. The highest BCUT2D eigenvalue weighted by Crippen LogP contribution is 2.25. The van der Waals surface area contributed by atoms with Crippen LogP contribution in [0.4, 0.5) is 0 Å². The monoisotopic (exact) mass is 438 g/mol. The molecule has 0 saturated carbocycles. The zero-order valence-corrected chi connectivity index (χ0v) is 19.0. The molecule has 32 heavy (non-hydrogen) atoms. The number of ether oxygens (including phenoxy) is 2. The van der Waals surface area contributed by atoms with Crippen molar-refractivity contribution in [3.8, 4) is 17.2 Å². The van der Waals surface area contributed by atoms with E-state index in [-0.39, 0.29) is 17.8 Å². The van der Waals surface area contributed by atoms with Gasteiger partial charge in [0.25, 0.3) is 0 Å². The van der Waals surface area contributed by atoms with Gasteiger partial charge in [0.2, 0.25) is 11.2 Å². The van der Waals surface area contributed by atoms with Crippen molar-refractivity contribution in [1.82, 2.24) is 0 Å². The molecule has 0 radical (unpaired) electrons. The summed E-state index contributed by atoms with van der Waals surface area (Å²) >= 11 is 0. The molecule has 2 aromatic carbocycles. The van der Waals surface area contributed by atoms with Crippen molar-refractivity contribution in [1.29, 1.82) is 0 Å². The summed E-state index contributed by atoms with van der Waals surface area (Å²) in [6, 6.07) is 10.9. The van der Waals surface area contributed by atoms with Gasteiger partial charge in [0, 0.05) is 6.07 Å². The number of likely N-dealkylation sites (tertiary alicyclic amines) is 1. The predicted molar refractivity (Wildman–Crippen MR) is 124 cm³/mol. The Kier molecular flexibility index (Phi) is 6.82. The quantitative estimate of drug-likeness (QED) is 0.592. The molecule has 0 aliphatic carbocycles. The van der Waals surface area contributed by atoms with Crippen molar-refractivity contribution >= 4 is 11.0 Å². The van der Waals surface area contributed by atoms with Crippen molar-refractivity contribution in [2.45, 2.75) is 39.7 Å². The summed E-state index contributed by atoms with van der Waals surface area (Å²) < 4.78 is 17.2. The van der Waals surface area contributed by atoms with Crippen molar-refractivity contribution in [3.63, 3.8) is 0 Å². The molecule has 2 heterocycles. The number of rotatable bonds is 7.